The molecule has 2 fully saturated rings. The standard InChI is InChI=1S/C31H37N3O6/c1-31(2,3)40-30(37)34-19-23(18-32)27(20-34)22-7-6-8-25(17-22)39-16-5-4-15-38-24-11-9-21(10-12-24)26-13-14-28(35)33-29(26)36/h6-12,17,23,26-27H,4-5,13-16,19-20H2,1-3H3,(H,33,35,36)/t23-,26-,27+/m1/s1. The number of nitrogens with zero attached hydrogens (tertiary/aromatic N) is 2. The maximum absolute atomic E-state index is 12.5. The van der Waals surface area contributed by atoms with Crippen LogP contribution in [-0.4, -0.2) is 54.7 Å². The normalized spacial score (nSPS) is 20.9. The Kier molecular flexibility index (Phi) is 9.30. The third kappa shape index (κ3) is 7.75. The van der Waals surface area contributed by atoms with E-state index >= 15 is 0 Å². The molecule has 3 amide bonds. The second kappa shape index (κ2) is 12.9. The quantitative estimate of drug-likeness (QED) is 0.350. The molecule has 2 saturated heterocycles. The number of carbonyl (C=O) groups excluding carboxylic acids is 3. The second-order valence-electron chi connectivity index (χ2n) is 11.3. The fourth-order valence-corrected chi connectivity index (χ4v) is 4.98. The largest absolute Gasteiger partial charge is 0.494 e. The lowest BCUT2D eigenvalue weighted by molar-refractivity contribution is -0.134. The van der Waals surface area contributed by atoms with Gasteiger partial charge in [0.05, 0.1) is 31.1 Å². The first-order valence-corrected chi connectivity index (χ1v) is 13.8. The summed E-state index contributed by atoms with van der Waals surface area (Å²) in [4.78, 5) is 37.5. The van der Waals surface area contributed by atoms with Gasteiger partial charge in [0.15, 0.2) is 0 Å². The Morgan fingerprint density at radius 2 is 1.70 bits per heavy atom. The summed E-state index contributed by atoms with van der Waals surface area (Å²) in [5, 5.41) is 12.1. The van der Waals surface area contributed by atoms with Crippen LogP contribution >= 0.6 is 0 Å². The van der Waals surface area contributed by atoms with Crippen molar-refractivity contribution in [3.63, 3.8) is 0 Å². The van der Waals surface area contributed by atoms with Crippen molar-refractivity contribution in [2.24, 2.45) is 5.92 Å². The Hall–Kier alpha value is -4.06. The number of hydrogen-bond donors (Lipinski definition) is 1. The third-order valence-electron chi connectivity index (χ3n) is 7.02. The number of ether oxygens (including phenoxy) is 3. The number of rotatable bonds is 9. The molecule has 2 aliphatic rings. The van der Waals surface area contributed by atoms with E-state index in [-0.39, 0.29) is 29.6 Å². The number of amides is 3. The fourth-order valence-electron chi connectivity index (χ4n) is 4.98. The summed E-state index contributed by atoms with van der Waals surface area (Å²) in [5.74, 6) is 0.292. The summed E-state index contributed by atoms with van der Waals surface area (Å²) in [6.07, 6.45) is 2.09. The fraction of sp³-hybridized carbons (Fsp3) is 0.484. The van der Waals surface area contributed by atoms with Crippen LogP contribution in [0.15, 0.2) is 48.5 Å². The van der Waals surface area contributed by atoms with E-state index in [0.717, 1.165) is 35.5 Å². The molecule has 9 nitrogen and oxygen atoms in total. The zero-order valence-electron chi connectivity index (χ0n) is 23.4. The van der Waals surface area contributed by atoms with Crippen LogP contribution in [0.3, 0.4) is 0 Å². The predicted octanol–water partition coefficient (Wildman–Crippen LogP) is 4.92. The molecule has 3 atom stereocenters. The lowest BCUT2D eigenvalue weighted by atomic mass is 9.90. The molecular formula is C31H37N3O6. The lowest BCUT2D eigenvalue weighted by Crippen LogP contribution is -2.39. The molecule has 2 aromatic rings. The maximum Gasteiger partial charge on any atom is 0.410 e. The van der Waals surface area contributed by atoms with Crippen molar-refractivity contribution in [1.29, 1.82) is 5.26 Å². The molecule has 0 aliphatic carbocycles. The van der Waals surface area contributed by atoms with Gasteiger partial charge in [-0.1, -0.05) is 24.3 Å². The number of imide groups is 1. The highest BCUT2D eigenvalue weighted by atomic mass is 16.6. The Bertz CT molecular complexity index is 1250. The second-order valence-corrected chi connectivity index (χ2v) is 11.3. The number of piperidine rings is 1. The zero-order valence-corrected chi connectivity index (χ0v) is 23.4. The molecule has 0 bridgehead atoms. The molecule has 0 radical (unpaired) electrons. The Morgan fingerprint density at radius 1 is 1.00 bits per heavy atom. The number of carbonyl (C=O) groups is 3. The van der Waals surface area contributed by atoms with Crippen molar-refractivity contribution in [2.45, 2.75) is 63.9 Å². The molecule has 0 aromatic heterocycles. The number of likely N-dealkylation sites (tertiary alicyclic amines) is 1. The van der Waals surface area contributed by atoms with Crippen LogP contribution in [-0.2, 0) is 14.3 Å². The highest BCUT2D eigenvalue weighted by molar-refractivity contribution is 6.00. The van der Waals surface area contributed by atoms with Gasteiger partial charge in [0.1, 0.15) is 17.1 Å². The summed E-state index contributed by atoms with van der Waals surface area (Å²) in [5.41, 5.74) is 1.27. The van der Waals surface area contributed by atoms with Gasteiger partial charge in [-0.2, -0.15) is 5.26 Å². The van der Waals surface area contributed by atoms with Gasteiger partial charge in [0, 0.05) is 25.4 Å². The average molecular weight is 548 g/mol. The van der Waals surface area contributed by atoms with Gasteiger partial charge in [0.25, 0.3) is 0 Å². The van der Waals surface area contributed by atoms with Crippen molar-refractivity contribution < 1.29 is 28.6 Å². The number of unbranched alkanes of at least 4 members (excludes halogenated alkanes) is 1. The summed E-state index contributed by atoms with van der Waals surface area (Å²) in [7, 11) is 0. The van der Waals surface area contributed by atoms with Crippen LogP contribution in [0.4, 0.5) is 4.79 Å². The van der Waals surface area contributed by atoms with Crippen molar-refractivity contribution in [3.05, 3.63) is 59.7 Å². The predicted molar refractivity (Wildman–Crippen MR) is 148 cm³/mol. The maximum atomic E-state index is 12.5. The van der Waals surface area contributed by atoms with E-state index in [1.165, 1.54) is 0 Å². The van der Waals surface area contributed by atoms with Crippen molar-refractivity contribution in [2.75, 3.05) is 26.3 Å². The van der Waals surface area contributed by atoms with E-state index < -0.39 is 11.7 Å². The smallest absolute Gasteiger partial charge is 0.410 e. The molecule has 212 valence electrons. The van der Waals surface area contributed by atoms with E-state index in [4.69, 9.17) is 14.2 Å². The van der Waals surface area contributed by atoms with Gasteiger partial charge in [-0.3, -0.25) is 14.9 Å². The van der Waals surface area contributed by atoms with Gasteiger partial charge < -0.3 is 19.1 Å². The molecule has 0 unspecified atom stereocenters. The first kappa shape index (κ1) is 28.9. The van der Waals surface area contributed by atoms with Gasteiger partial charge in [-0.05, 0) is 75.4 Å². The molecular weight excluding hydrogens is 510 g/mol. The molecule has 0 spiro atoms. The van der Waals surface area contributed by atoms with Crippen LogP contribution < -0.4 is 14.8 Å². The highest BCUT2D eigenvalue weighted by Gasteiger charge is 2.38. The number of hydrogen-bond acceptors (Lipinski definition) is 7. The molecule has 1 N–H and O–H groups in total. The van der Waals surface area contributed by atoms with E-state index in [0.29, 0.717) is 39.1 Å². The van der Waals surface area contributed by atoms with Crippen LogP contribution in [0.1, 0.15) is 69.4 Å². The zero-order chi connectivity index (χ0) is 28.7. The van der Waals surface area contributed by atoms with Gasteiger partial charge in [-0.15, -0.1) is 0 Å². The minimum absolute atomic E-state index is 0.101. The Balaban J connectivity index is 1.20. The highest BCUT2D eigenvalue weighted by Crippen LogP contribution is 2.34. The molecule has 2 aromatic carbocycles. The van der Waals surface area contributed by atoms with Crippen molar-refractivity contribution in [3.8, 4) is 17.6 Å². The minimum atomic E-state index is -0.585. The molecule has 4 rings (SSSR count). The van der Waals surface area contributed by atoms with E-state index in [2.05, 4.69) is 11.4 Å². The molecule has 2 heterocycles. The van der Waals surface area contributed by atoms with E-state index in [1.54, 1.807) is 4.90 Å². The summed E-state index contributed by atoms with van der Waals surface area (Å²) in [6.45, 7) is 7.33. The van der Waals surface area contributed by atoms with Crippen molar-refractivity contribution >= 4 is 17.9 Å². The molecule has 9 heteroatoms. The first-order chi connectivity index (χ1) is 19.1. The number of nitrogens with one attached hydrogen (secondary N) is 1. The SMILES string of the molecule is CC(C)(C)OC(=O)N1C[C@@H](C#N)[C@H](c2cccc(OCCCCOc3ccc([C@H]4CCC(=O)NC4=O)cc3)c2)C1. The summed E-state index contributed by atoms with van der Waals surface area (Å²) >= 11 is 0. The van der Waals surface area contributed by atoms with Crippen LogP contribution in [0.2, 0.25) is 0 Å². The van der Waals surface area contributed by atoms with Crippen LogP contribution in [0.25, 0.3) is 0 Å². The van der Waals surface area contributed by atoms with Crippen LogP contribution in [0, 0.1) is 17.2 Å². The van der Waals surface area contributed by atoms with Gasteiger partial charge in [-0.25, -0.2) is 4.79 Å². The van der Waals surface area contributed by atoms with E-state index in [9.17, 15) is 19.6 Å². The monoisotopic (exact) mass is 547 g/mol. The average Bonchev–Trinajstić information content (AvgIpc) is 3.35. The Morgan fingerprint density at radius 3 is 2.35 bits per heavy atom. The summed E-state index contributed by atoms with van der Waals surface area (Å²) in [6, 6.07) is 17.5. The Labute approximate surface area is 235 Å². The molecule has 2 aliphatic heterocycles. The topological polar surface area (TPSA) is 118 Å². The number of benzene rings is 2. The summed E-state index contributed by atoms with van der Waals surface area (Å²) < 4.78 is 17.3. The molecule has 0 saturated carbocycles. The number of nitriles is 1. The van der Waals surface area contributed by atoms with Gasteiger partial charge in [0.2, 0.25) is 11.8 Å². The van der Waals surface area contributed by atoms with Crippen molar-refractivity contribution in [1.82, 2.24) is 10.2 Å². The van der Waals surface area contributed by atoms with Gasteiger partial charge >= 0.3 is 6.09 Å². The van der Waals surface area contributed by atoms with Crippen LogP contribution in [0.5, 0.6) is 11.5 Å². The van der Waals surface area contributed by atoms with E-state index in [1.807, 2.05) is 69.3 Å². The lowest BCUT2D eigenvalue weighted by Gasteiger charge is -2.24. The third-order valence-corrected chi connectivity index (χ3v) is 7.02. The first-order valence-electron chi connectivity index (χ1n) is 13.8. The molecule has 40 heavy (non-hydrogen) atoms. The minimum Gasteiger partial charge on any atom is -0.494 e.